The molecule has 1 aromatic carbocycles. The van der Waals surface area contributed by atoms with E-state index in [0.717, 1.165) is 12.0 Å². The zero-order chi connectivity index (χ0) is 16.2. The summed E-state index contributed by atoms with van der Waals surface area (Å²) in [5.41, 5.74) is 0.358. The topological polar surface area (TPSA) is 29.5 Å². The lowest BCUT2D eigenvalue weighted by molar-refractivity contribution is -0.138. The van der Waals surface area contributed by atoms with Crippen LogP contribution in [0.2, 0.25) is 0 Å². The van der Waals surface area contributed by atoms with E-state index in [1.807, 2.05) is 0 Å². The van der Waals surface area contributed by atoms with Crippen LogP contribution in [0.5, 0.6) is 0 Å². The van der Waals surface area contributed by atoms with Gasteiger partial charge in [0.2, 0.25) is 0 Å². The molecule has 22 heavy (non-hydrogen) atoms. The number of hydrogen-bond donors (Lipinski definition) is 0. The maximum absolute atomic E-state index is 13.0. The summed E-state index contributed by atoms with van der Waals surface area (Å²) in [6, 6.07) is 10.3. The number of rotatable bonds is 4. The first-order valence-electron chi connectivity index (χ1n) is 6.45. The molecule has 2 rings (SSSR count). The molecule has 2 aromatic rings. The van der Waals surface area contributed by atoms with Gasteiger partial charge in [0, 0.05) is 10.6 Å². The number of carbonyl (C=O) groups is 1. The van der Waals surface area contributed by atoms with Crippen LogP contribution in [0.15, 0.2) is 47.8 Å². The Kier molecular flexibility index (Phi) is 5.07. The molecule has 0 fully saturated rings. The molecule has 0 aliphatic heterocycles. The van der Waals surface area contributed by atoms with E-state index in [1.165, 1.54) is 11.3 Å². The standard InChI is InChI=1S/C15H14F3NO2S/c1-21-14(20)19(11-6-3-2-4-7-11)12(10-15(16,17)18)13-8-5-9-22-13/h2-9,12H,10H2,1H3. The predicted molar refractivity (Wildman–Crippen MR) is 79.1 cm³/mol. The van der Waals surface area contributed by atoms with E-state index in [0.29, 0.717) is 10.6 Å². The number of amides is 1. The van der Waals surface area contributed by atoms with Gasteiger partial charge in [-0.2, -0.15) is 13.2 Å². The van der Waals surface area contributed by atoms with Crippen molar-refractivity contribution in [2.75, 3.05) is 12.0 Å². The van der Waals surface area contributed by atoms with Crippen LogP contribution in [0.1, 0.15) is 17.3 Å². The second-order valence-corrected chi connectivity index (χ2v) is 5.51. The Morgan fingerprint density at radius 1 is 1.23 bits per heavy atom. The first kappa shape index (κ1) is 16.4. The van der Waals surface area contributed by atoms with Crippen LogP contribution in [0, 0.1) is 0 Å². The average Bonchev–Trinajstić information content (AvgIpc) is 3.00. The van der Waals surface area contributed by atoms with Crippen molar-refractivity contribution in [2.24, 2.45) is 0 Å². The third-order valence-electron chi connectivity index (χ3n) is 3.01. The first-order valence-corrected chi connectivity index (χ1v) is 7.32. The molecule has 0 saturated heterocycles. The summed E-state index contributed by atoms with van der Waals surface area (Å²) in [4.78, 5) is 13.6. The molecule has 0 aliphatic carbocycles. The molecule has 0 saturated carbocycles. The number of carbonyl (C=O) groups excluding carboxylic acids is 1. The van der Waals surface area contributed by atoms with Gasteiger partial charge in [0.1, 0.15) is 0 Å². The smallest absolute Gasteiger partial charge is 0.414 e. The van der Waals surface area contributed by atoms with Crippen molar-refractivity contribution in [3.05, 3.63) is 52.7 Å². The van der Waals surface area contributed by atoms with Crippen LogP contribution in [0.4, 0.5) is 23.7 Å². The lowest BCUT2D eigenvalue weighted by Crippen LogP contribution is -2.37. The van der Waals surface area contributed by atoms with E-state index in [9.17, 15) is 18.0 Å². The molecule has 1 heterocycles. The molecular formula is C15H14F3NO2S. The Labute approximate surface area is 129 Å². The zero-order valence-electron chi connectivity index (χ0n) is 11.7. The fourth-order valence-corrected chi connectivity index (χ4v) is 2.94. The molecule has 0 spiro atoms. The Morgan fingerprint density at radius 3 is 2.41 bits per heavy atom. The van der Waals surface area contributed by atoms with Gasteiger partial charge in [-0.3, -0.25) is 4.90 Å². The molecule has 0 N–H and O–H groups in total. The molecule has 1 unspecified atom stereocenters. The third-order valence-corrected chi connectivity index (χ3v) is 3.99. The Bertz CT molecular complexity index is 599. The SMILES string of the molecule is COC(=O)N(c1ccccc1)C(CC(F)(F)F)c1cccs1. The second kappa shape index (κ2) is 6.83. The van der Waals surface area contributed by atoms with Gasteiger partial charge in [0.05, 0.1) is 19.6 Å². The van der Waals surface area contributed by atoms with Crippen molar-refractivity contribution < 1.29 is 22.7 Å². The molecule has 1 atom stereocenters. The molecular weight excluding hydrogens is 315 g/mol. The lowest BCUT2D eigenvalue weighted by atomic mass is 10.1. The number of hydrogen-bond acceptors (Lipinski definition) is 3. The maximum atomic E-state index is 13.0. The number of alkyl halides is 3. The van der Waals surface area contributed by atoms with Gasteiger partial charge in [-0.05, 0) is 23.6 Å². The number of benzene rings is 1. The summed E-state index contributed by atoms with van der Waals surface area (Å²) in [5.74, 6) is 0. The summed E-state index contributed by atoms with van der Waals surface area (Å²) >= 11 is 1.17. The molecule has 0 aliphatic rings. The van der Waals surface area contributed by atoms with E-state index >= 15 is 0 Å². The average molecular weight is 329 g/mol. The van der Waals surface area contributed by atoms with Crippen LogP contribution in [0.25, 0.3) is 0 Å². The first-order chi connectivity index (χ1) is 10.4. The number of nitrogens with zero attached hydrogens (tertiary/aromatic N) is 1. The van der Waals surface area contributed by atoms with Crippen molar-refractivity contribution in [3.63, 3.8) is 0 Å². The van der Waals surface area contributed by atoms with Gasteiger partial charge < -0.3 is 4.74 Å². The van der Waals surface area contributed by atoms with Crippen molar-refractivity contribution in [2.45, 2.75) is 18.6 Å². The zero-order valence-corrected chi connectivity index (χ0v) is 12.5. The van der Waals surface area contributed by atoms with Gasteiger partial charge in [0.15, 0.2) is 0 Å². The summed E-state index contributed by atoms with van der Waals surface area (Å²) in [6.45, 7) is 0. The second-order valence-electron chi connectivity index (χ2n) is 4.53. The van der Waals surface area contributed by atoms with E-state index in [4.69, 9.17) is 0 Å². The number of ether oxygens (including phenoxy) is 1. The van der Waals surface area contributed by atoms with Gasteiger partial charge in [-0.1, -0.05) is 24.3 Å². The Balaban J connectivity index is 2.46. The van der Waals surface area contributed by atoms with Crippen LogP contribution in [-0.2, 0) is 4.74 Å². The molecule has 1 amide bonds. The number of anilines is 1. The van der Waals surface area contributed by atoms with Gasteiger partial charge in [-0.15, -0.1) is 11.3 Å². The normalized spacial score (nSPS) is 12.7. The Hall–Kier alpha value is -2.02. The van der Waals surface area contributed by atoms with Gasteiger partial charge in [-0.25, -0.2) is 4.79 Å². The quantitative estimate of drug-likeness (QED) is 0.789. The number of thiophene rings is 1. The summed E-state index contributed by atoms with van der Waals surface area (Å²) in [6.07, 6.45) is -6.37. The minimum Gasteiger partial charge on any atom is -0.452 e. The molecule has 118 valence electrons. The molecule has 1 aromatic heterocycles. The highest BCUT2D eigenvalue weighted by molar-refractivity contribution is 7.10. The van der Waals surface area contributed by atoms with E-state index in [1.54, 1.807) is 47.8 Å². The third kappa shape index (κ3) is 4.00. The summed E-state index contributed by atoms with van der Waals surface area (Å²) < 4.78 is 43.6. The largest absolute Gasteiger partial charge is 0.452 e. The predicted octanol–water partition coefficient (Wildman–Crippen LogP) is 5.01. The van der Waals surface area contributed by atoms with Crippen molar-refractivity contribution in [1.82, 2.24) is 0 Å². The van der Waals surface area contributed by atoms with E-state index in [-0.39, 0.29) is 0 Å². The van der Waals surface area contributed by atoms with Gasteiger partial charge in [0.25, 0.3) is 0 Å². The maximum Gasteiger partial charge on any atom is 0.414 e. The van der Waals surface area contributed by atoms with E-state index in [2.05, 4.69) is 4.74 Å². The number of methoxy groups -OCH3 is 1. The monoisotopic (exact) mass is 329 g/mol. The van der Waals surface area contributed by atoms with Crippen molar-refractivity contribution in [1.29, 1.82) is 0 Å². The van der Waals surface area contributed by atoms with Crippen LogP contribution < -0.4 is 4.90 Å². The minimum atomic E-state index is -4.41. The van der Waals surface area contributed by atoms with Crippen molar-refractivity contribution >= 4 is 23.1 Å². The molecule has 3 nitrogen and oxygen atoms in total. The minimum absolute atomic E-state index is 0.358. The lowest BCUT2D eigenvalue weighted by Gasteiger charge is -2.30. The Morgan fingerprint density at radius 2 is 1.91 bits per heavy atom. The molecule has 0 bridgehead atoms. The fourth-order valence-electron chi connectivity index (χ4n) is 2.12. The highest BCUT2D eigenvalue weighted by Gasteiger charge is 2.39. The summed E-state index contributed by atoms with van der Waals surface area (Å²) in [7, 11) is 1.15. The van der Waals surface area contributed by atoms with Crippen LogP contribution in [0.3, 0.4) is 0 Å². The van der Waals surface area contributed by atoms with Crippen LogP contribution in [-0.4, -0.2) is 19.4 Å². The molecule has 0 radical (unpaired) electrons. The highest BCUT2D eigenvalue weighted by atomic mass is 32.1. The highest BCUT2D eigenvalue weighted by Crippen LogP contribution is 2.38. The van der Waals surface area contributed by atoms with Crippen molar-refractivity contribution in [3.8, 4) is 0 Å². The van der Waals surface area contributed by atoms with E-state index < -0.39 is 24.7 Å². The summed E-state index contributed by atoms with van der Waals surface area (Å²) in [5, 5.41) is 1.68. The van der Waals surface area contributed by atoms with Gasteiger partial charge >= 0.3 is 12.3 Å². The number of para-hydroxylation sites is 1. The number of halogens is 3. The molecule has 7 heteroatoms. The van der Waals surface area contributed by atoms with Crippen LogP contribution >= 0.6 is 11.3 Å². The fraction of sp³-hybridized carbons (Fsp3) is 0.267.